The van der Waals surface area contributed by atoms with E-state index in [1.54, 1.807) is 17.7 Å². The predicted octanol–water partition coefficient (Wildman–Crippen LogP) is 2.36. The van der Waals surface area contributed by atoms with Gasteiger partial charge >= 0.3 is 5.97 Å². The number of rotatable bonds is 3. The molecule has 2 aromatic rings. The molecule has 0 spiro atoms. The summed E-state index contributed by atoms with van der Waals surface area (Å²) in [6.07, 6.45) is 1.54. The van der Waals surface area contributed by atoms with Gasteiger partial charge in [-0.1, -0.05) is 18.2 Å². The topological polar surface area (TPSA) is 44.1 Å². The second-order valence-corrected chi connectivity index (χ2v) is 3.58. The third-order valence-electron chi connectivity index (χ3n) is 2.44. The maximum Gasteiger partial charge on any atom is 0.356 e. The molecule has 1 aromatic carbocycles. The second kappa shape index (κ2) is 4.82. The van der Waals surface area contributed by atoms with Crippen LogP contribution in [0.2, 0.25) is 0 Å². The molecule has 0 saturated heterocycles. The van der Waals surface area contributed by atoms with Crippen LogP contribution in [-0.2, 0) is 4.74 Å². The standard InChI is InChI=1S/C13H14N2O2/c1-3-17-13(16)12-9-14-10(2)15(12)11-7-5-4-6-8-11/h4-9H,3H2,1-2H3. The van der Waals surface area contributed by atoms with Crippen LogP contribution in [0.5, 0.6) is 0 Å². The van der Waals surface area contributed by atoms with Crippen LogP contribution in [0.25, 0.3) is 5.69 Å². The lowest BCUT2D eigenvalue weighted by Gasteiger charge is -2.09. The molecule has 4 nitrogen and oxygen atoms in total. The van der Waals surface area contributed by atoms with Crippen molar-refractivity contribution in [3.8, 4) is 5.69 Å². The van der Waals surface area contributed by atoms with E-state index < -0.39 is 0 Å². The van der Waals surface area contributed by atoms with Crippen molar-refractivity contribution in [2.24, 2.45) is 0 Å². The van der Waals surface area contributed by atoms with Gasteiger partial charge in [0.05, 0.1) is 12.8 Å². The molecule has 4 heteroatoms. The second-order valence-electron chi connectivity index (χ2n) is 3.58. The predicted molar refractivity (Wildman–Crippen MR) is 64.3 cm³/mol. The Morgan fingerprint density at radius 2 is 2.06 bits per heavy atom. The van der Waals surface area contributed by atoms with Crippen LogP contribution in [0.4, 0.5) is 0 Å². The third-order valence-corrected chi connectivity index (χ3v) is 2.44. The van der Waals surface area contributed by atoms with Gasteiger partial charge in [0.1, 0.15) is 5.82 Å². The number of hydrogen-bond acceptors (Lipinski definition) is 3. The summed E-state index contributed by atoms with van der Waals surface area (Å²) in [5.41, 5.74) is 1.36. The zero-order valence-electron chi connectivity index (χ0n) is 9.88. The molecule has 0 saturated carbocycles. The van der Waals surface area contributed by atoms with Crippen LogP contribution in [0.3, 0.4) is 0 Å². The fourth-order valence-corrected chi connectivity index (χ4v) is 1.70. The smallest absolute Gasteiger partial charge is 0.356 e. The fraction of sp³-hybridized carbons (Fsp3) is 0.231. The summed E-state index contributed by atoms with van der Waals surface area (Å²) >= 11 is 0. The molecular formula is C13H14N2O2. The van der Waals surface area contributed by atoms with E-state index in [9.17, 15) is 4.79 Å². The van der Waals surface area contributed by atoms with Crippen LogP contribution >= 0.6 is 0 Å². The number of aryl methyl sites for hydroxylation is 1. The molecule has 0 N–H and O–H groups in total. The van der Waals surface area contributed by atoms with Gasteiger partial charge in [-0.2, -0.15) is 0 Å². The number of ether oxygens (including phenoxy) is 1. The van der Waals surface area contributed by atoms with Crippen molar-refractivity contribution in [3.63, 3.8) is 0 Å². The van der Waals surface area contributed by atoms with Crippen LogP contribution in [-0.4, -0.2) is 22.1 Å². The van der Waals surface area contributed by atoms with Crippen LogP contribution < -0.4 is 0 Å². The molecule has 0 amide bonds. The number of nitrogens with zero attached hydrogens (tertiary/aromatic N) is 2. The summed E-state index contributed by atoms with van der Waals surface area (Å²) in [5, 5.41) is 0. The van der Waals surface area contributed by atoms with Crippen LogP contribution in [0, 0.1) is 6.92 Å². The van der Waals surface area contributed by atoms with Gasteiger partial charge < -0.3 is 4.74 Å². The average molecular weight is 230 g/mol. The van der Waals surface area contributed by atoms with Crippen LogP contribution in [0.1, 0.15) is 23.2 Å². The number of carbonyl (C=O) groups is 1. The Balaban J connectivity index is 2.47. The Kier molecular flexibility index (Phi) is 3.23. The third kappa shape index (κ3) is 2.20. The summed E-state index contributed by atoms with van der Waals surface area (Å²) in [7, 11) is 0. The van der Waals surface area contributed by atoms with E-state index in [1.165, 1.54) is 0 Å². The minimum absolute atomic E-state index is 0.350. The first-order chi connectivity index (χ1) is 8.24. The van der Waals surface area contributed by atoms with Crippen molar-refractivity contribution in [1.29, 1.82) is 0 Å². The fourth-order valence-electron chi connectivity index (χ4n) is 1.70. The van der Waals surface area contributed by atoms with Crippen LogP contribution in [0.15, 0.2) is 36.5 Å². The number of para-hydroxylation sites is 1. The first kappa shape index (κ1) is 11.4. The molecule has 0 atom stereocenters. The minimum Gasteiger partial charge on any atom is -0.461 e. The molecule has 0 bridgehead atoms. The van der Waals surface area contributed by atoms with Gasteiger partial charge in [0.2, 0.25) is 0 Å². The zero-order chi connectivity index (χ0) is 12.3. The van der Waals surface area contributed by atoms with Crippen molar-refractivity contribution in [3.05, 3.63) is 48.0 Å². The van der Waals surface area contributed by atoms with Crippen molar-refractivity contribution in [2.75, 3.05) is 6.61 Å². The highest BCUT2D eigenvalue weighted by Gasteiger charge is 2.16. The molecule has 0 radical (unpaired) electrons. The zero-order valence-corrected chi connectivity index (χ0v) is 9.88. The molecule has 88 valence electrons. The molecule has 1 heterocycles. The highest BCUT2D eigenvalue weighted by molar-refractivity contribution is 5.88. The largest absolute Gasteiger partial charge is 0.461 e. The molecular weight excluding hydrogens is 216 g/mol. The Morgan fingerprint density at radius 3 is 2.71 bits per heavy atom. The van der Waals surface area contributed by atoms with Gasteiger partial charge in [-0.3, -0.25) is 4.57 Å². The molecule has 0 aliphatic rings. The Morgan fingerprint density at radius 1 is 1.35 bits per heavy atom. The van der Waals surface area contributed by atoms with Crippen molar-refractivity contribution >= 4 is 5.97 Å². The Bertz CT molecular complexity index is 517. The summed E-state index contributed by atoms with van der Waals surface area (Å²) in [4.78, 5) is 15.9. The summed E-state index contributed by atoms with van der Waals surface area (Å²) < 4.78 is 6.79. The maximum absolute atomic E-state index is 11.8. The molecule has 17 heavy (non-hydrogen) atoms. The molecule has 0 unspecified atom stereocenters. The first-order valence-corrected chi connectivity index (χ1v) is 5.51. The molecule has 0 aliphatic carbocycles. The highest BCUT2D eigenvalue weighted by Crippen LogP contribution is 2.15. The Hall–Kier alpha value is -2.10. The number of benzene rings is 1. The lowest BCUT2D eigenvalue weighted by atomic mass is 10.3. The monoisotopic (exact) mass is 230 g/mol. The number of carbonyl (C=O) groups excluding carboxylic acids is 1. The Labute approximate surface area is 99.9 Å². The SMILES string of the molecule is CCOC(=O)c1cnc(C)n1-c1ccccc1. The number of esters is 1. The van der Waals surface area contributed by atoms with Crippen molar-refractivity contribution < 1.29 is 9.53 Å². The lowest BCUT2D eigenvalue weighted by molar-refractivity contribution is 0.0517. The van der Waals surface area contributed by atoms with Gasteiger partial charge in [-0.25, -0.2) is 9.78 Å². The average Bonchev–Trinajstić information content (AvgIpc) is 2.73. The maximum atomic E-state index is 11.8. The van der Waals surface area contributed by atoms with Gasteiger partial charge in [-0.15, -0.1) is 0 Å². The lowest BCUT2D eigenvalue weighted by Crippen LogP contribution is -2.11. The quantitative estimate of drug-likeness (QED) is 0.760. The summed E-state index contributed by atoms with van der Waals surface area (Å²) in [6.45, 7) is 4.00. The van der Waals surface area contributed by atoms with Gasteiger partial charge in [0.15, 0.2) is 5.69 Å². The number of hydrogen-bond donors (Lipinski definition) is 0. The van der Waals surface area contributed by atoms with E-state index >= 15 is 0 Å². The number of imidazole rings is 1. The first-order valence-electron chi connectivity index (χ1n) is 5.51. The van der Waals surface area contributed by atoms with Gasteiger partial charge in [0, 0.05) is 5.69 Å². The molecule has 0 fully saturated rings. The molecule has 1 aromatic heterocycles. The van der Waals surface area contributed by atoms with E-state index in [0.717, 1.165) is 11.5 Å². The molecule has 0 aliphatic heterocycles. The van der Waals surface area contributed by atoms with E-state index in [-0.39, 0.29) is 5.97 Å². The highest BCUT2D eigenvalue weighted by atomic mass is 16.5. The normalized spacial score (nSPS) is 10.2. The van der Waals surface area contributed by atoms with Crippen molar-refractivity contribution in [2.45, 2.75) is 13.8 Å². The number of aromatic nitrogens is 2. The van der Waals surface area contributed by atoms with Gasteiger partial charge in [-0.05, 0) is 26.0 Å². The van der Waals surface area contributed by atoms with E-state index in [1.807, 2.05) is 37.3 Å². The van der Waals surface area contributed by atoms with Crippen molar-refractivity contribution in [1.82, 2.24) is 9.55 Å². The van der Waals surface area contributed by atoms with E-state index in [2.05, 4.69) is 4.98 Å². The minimum atomic E-state index is -0.350. The van der Waals surface area contributed by atoms with E-state index in [0.29, 0.717) is 12.3 Å². The van der Waals surface area contributed by atoms with Gasteiger partial charge in [0.25, 0.3) is 0 Å². The summed E-state index contributed by atoms with van der Waals surface area (Å²) in [5.74, 6) is 0.413. The van der Waals surface area contributed by atoms with E-state index in [4.69, 9.17) is 4.74 Å². The summed E-state index contributed by atoms with van der Waals surface area (Å²) in [6, 6.07) is 9.63. The molecule has 2 rings (SSSR count).